The zero-order valence-corrected chi connectivity index (χ0v) is 22.2. The van der Waals surface area contributed by atoms with Crippen LogP contribution in [0.15, 0.2) is 101 Å². The van der Waals surface area contributed by atoms with E-state index in [9.17, 15) is 14.7 Å². The maximum absolute atomic E-state index is 14.4. The molecule has 9 heteroatoms. The molecular weight excluding hydrogens is 526 g/mol. The molecule has 0 aliphatic carbocycles. The molecule has 1 atom stereocenters. The number of benzene rings is 3. The number of fused-ring (bicyclic) bond motifs is 2. The molecular formula is C31H24ClN5O3. The van der Waals surface area contributed by atoms with Crippen LogP contribution in [-0.2, 0) is 6.61 Å². The van der Waals surface area contributed by atoms with Crippen LogP contribution in [-0.4, -0.2) is 24.6 Å². The number of aromatic amines is 1. The van der Waals surface area contributed by atoms with E-state index in [4.69, 9.17) is 11.6 Å². The Labute approximate surface area is 233 Å². The summed E-state index contributed by atoms with van der Waals surface area (Å²) in [4.78, 5) is 38.5. The fourth-order valence-electron chi connectivity index (χ4n) is 5.06. The second kappa shape index (κ2) is 10.4. The minimum atomic E-state index is -0.532. The molecule has 0 fully saturated rings. The third-order valence-corrected chi connectivity index (χ3v) is 7.35. The topological polar surface area (TPSA) is 113 Å². The number of pyridine rings is 2. The standard InChI is InChI=1S/C31H24ClN5O3/c1-18(36-30-26-24(39)14-15-33-29(26)34-17-35-30)28-27(32)23-9-5-8-22(20-12-10-19(16-38)11-13-20)25(23)31(40)37(28)21-6-3-2-4-7-21/h2-15,17-18,38H,16H2,1H3,(H2,33,34,35,36,39)/t18-/m0/s1. The van der Waals surface area contributed by atoms with Gasteiger partial charge in [-0.3, -0.25) is 14.2 Å². The predicted octanol–water partition coefficient (Wildman–Crippen LogP) is 5.61. The minimum Gasteiger partial charge on any atom is -0.392 e. The number of anilines is 1. The van der Waals surface area contributed by atoms with Gasteiger partial charge in [-0.05, 0) is 35.7 Å². The van der Waals surface area contributed by atoms with Gasteiger partial charge in [0.15, 0.2) is 5.43 Å². The lowest BCUT2D eigenvalue weighted by molar-refractivity contribution is 0.282. The molecule has 3 heterocycles. The van der Waals surface area contributed by atoms with Crippen molar-refractivity contribution in [3.05, 3.63) is 128 Å². The lowest BCUT2D eigenvalue weighted by atomic mass is 9.97. The van der Waals surface area contributed by atoms with Crippen molar-refractivity contribution in [2.24, 2.45) is 0 Å². The first-order valence-electron chi connectivity index (χ1n) is 12.7. The van der Waals surface area contributed by atoms with Gasteiger partial charge >= 0.3 is 0 Å². The Balaban J connectivity index is 1.60. The summed E-state index contributed by atoms with van der Waals surface area (Å²) in [6.07, 6.45) is 2.90. The summed E-state index contributed by atoms with van der Waals surface area (Å²) < 4.78 is 1.61. The Morgan fingerprint density at radius 3 is 2.48 bits per heavy atom. The van der Waals surface area contributed by atoms with E-state index in [2.05, 4.69) is 20.3 Å². The monoisotopic (exact) mass is 549 g/mol. The summed E-state index contributed by atoms with van der Waals surface area (Å²) >= 11 is 7.15. The maximum atomic E-state index is 14.4. The van der Waals surface area contributed by atoms with Crippen molar-refractivity contribution in [1.82, 2.24) is 19.5 Å². The first-order chi connectivity index (χ1) is 19.5. The summed E-state index contributed by atoms with van der Waals surface area (Å²) in [6.45, 7) is 1.80. The Hall–Kier alpha value is -4.79. The van der Waals surface area contributed by atoms with Crippen LogP contribution in [0.5, 0.6) is 0 Å². The number of nitrogens with one attached hydrogen (secondary N) is 2. The highest BCUT2D eigenvalue weighted by Crippen LogP contribution is 2.36. The molecule has 3 N–H and O–H groups in total. The largest absolute Gasteiger partial charge is 0.392 e. The highest BCUT2D eigenvalue weighted by atomic mass is 35.5. The molecule has 0 aliphatic heterocycles. The van der Waals surface area contributed by atoms with Gasteiger partial charge < -0.3 is 15.4 Å². The number of aliphatic hydroxyl groups excluding tert-OH is 1. The average molecular weight is 550 g/mol. The number of para-hydroxylation sites is 1. The number of aromatic nitrogens is 4. The number of aliphatic hydroxyl groups is 1. The van der Waals surface area contributed by atoms with E-state index in [-0.39, 0.29) is 17.6 Å². The van der Waals surface area contributed by atoms with E-state index in [0.717, 1.165) is 16.7 Å². The molecule has 198 valence electrons. The molecule has 6 rings (SSSR count). The van der Waals surface area contributed by atoms with Crippen LogP contribution < -0.4 is 16.3 Å². The van der Waals surface area contributed by atoms with E-state index in [0.29, 0.717) is 44.0 Å². The summed E-state index contributed by atoms with van der Waals surface area (Å²) in [5.41, 5.74) is 3.46. The molecule has 0 unspecified atom stereocenters. The van der Waals surface area contributed by atoms with Crippen LogP contribution >= 0.6 is 11.6 Å². The third kappa shape index (κ3) is 4.33. The fraction of sp³-hybridized carbons (Fsp3) is 0.0968. The van der Waals surface area contributed by atoms with Crippen molar-refractivity contribution >= 4 is 39.2 Å². The van der Waals surface area contributed by atoms with Gasteiger partial charge in [-0.2, -0.15) is 0 Å². The summed E-state index contributed by atoms with van der Waals surface area (Å²) in [5.74, 6) is 0.334. The Morgan fingerprint density at radius 2 is 1.73 bits per heavy atom. The highest BCUT2D eigenvalue weighted by molar-refractivity contribution is 6.36. The molecule has 0 amide bonds. The number of nitrogens with zero attached hydrogens (tertiary/aromatic N) is 3. The van der Waals surface area contributed by atoms with Crippen LogP contribution in [0.25, 0.3) is 38.6 Å². The minimum absolute atomic E-state index is 0.0653. The Bertz CT molecular complexity index is 1980. The van der Waals surface area contributed by atoms with E-state index in [1.807, 2.05) is 79.7 Å². The van der Waals surface area contributed by atoms with Gasteiger partial charge in [-0.15, -0.1) is 0 Å². The normalized spacial score (nSPS) is 12.1. The van der Waals surface area contributed by atoms with Crippen molar-refractivity contribution in [3.8, 4) is 16.8 Å². The molecule has 6 aromatic rings. The zero-order valence-electron chi connectivity index (χ0n) is 21.4. The number of halogens is 1. The zero-order chi connectivity index (χ0) is 27.8. The van der Waals surface area contributed by atoms with Crippen molar-refractivity contribution < 1.29 is 5.11 Å². The molecule has 0 radical (unpaired) electrons. The number of rotatable bonds is 6. The third-order valence-electron chi connectivity index (χ3n) is 6.96. The quantitative estimate of drug-likeness (QED) is 0.249. The van der Waals surface area contributed by atoms with Crippen molar-refractivity contribution in [3.63, 3.8) is 0 Å². The van der Waals surface area contributed by atoms with Crippen molar-refractivity contribution in [2.45, 2.75) is 19.6 Å². The average Bonchev–Trinajstić information content (AvgIpc) is 2.99. The first-order valence-corrected chi connectivity index (χ1v) is 13.1. The smallest absolute Gasteiger partial charge is 0.263 e. The maximum Gasteiger partial charge on any atom is 0.263 e. The molecule has 0 saturated heterocycles. The number of hydrogen-bond acceptors (Lipinski definition) is 6. The SMILES string of the molecule is C[C@H](Nc1ncnc2[nH]ccc(=O)c12)c1c(Cl)c2cccc(-c3ccc(CO)cc3)c2c(=O)n1-c1ccccc1. The lowest BCUT2D eigenvalue weighted by Crippen LogP contribution is -2.27. The summed E-state index contributed by atoms with van der Waals surface area (Å²) in [5, 5.41) is 14.6. The van der Waals surface area contributed by atoms with Crippen LogP contribution in [0.2, 0.25) is 5.02 Å². The summed E-state index contributed by atoms with van der Waals surface area (Å²) in [6, 6.07) is 23.2. The van der Waals surface area contributed by atoms with Gasteiger partial charge in [-0.1, -0.05) is 72.3 Å². The second-order valence-electron chi connectivity index (χ2n) is 9.41. The van der Waals surface area contributed by atoms with Crippen LogP contribution in [0.1, 0.15) is 24.2 Å². The molecule has 3 aromatic carbocycles. The summed E-state index contributed by atoms with van der Waals surface area (Å²) in [7, 11) is 0. The van der Waals surface area contributed by atoms with Gasteiger partial charge in [0.1, 0.15) is 23.2 Å². The molecule has 8 nitrogen and oxygen atoms in total. The molecule has 0 bridgehead atoms. The van der Waals surface area contributed by atoms with E-state index >= 15 is 0 Å². The second-order valence-corrected chi connectivity index (χ2v) is 9.79. The van der Waals surface area contributed by atoms with E-state index in [1.54, 1.807) is 4.57 Å². The number of H-pyrrole nitrogens is 1. The molecule has 40 heavy (non-hydrogen) atoms. The van der Waals surface area contributed by atoms with Crippen molar-refractivity contribution in [1.29, 1.82) is 0 Å². The van der Waals surface area contributed by atoms with Gasteiger partial charge in [0.05, 0.1) is 28.8 Å². The highest BCUT2D eigenvalue weighted by Gasteiger charge is 2.24. The molecule has 0 saturated carbocycles. The van der Waals surface area contributed by atoms with Gasteiger partial charge in [0.25, 0.3) is 5.56 Å². The van der Waals surface area contributed by atoms with Crippen molar-refractivity contribution in [2.75, 3.05) is 5.32 Å². The van der Waals surface area contributed by atoms with Crippen LogP contribution in [0.4, 0.5) is 5.82 Å². The van der Waals surface area contributed by atoms with Crippen LogP contribution in [0, 0.1) is 0 Å². The van der Waals surface area contributed by atoms with Gasteiger partial charge in [0.2, 0.25) is 0 Å². The Kier molecular flexibility index (Phi) is 6.63. The van der Waals surface area contributed by atoms with Crippen LogP contribution in [0.3, 0.4) is 0 Å². The molecule has 0 aliphatic rings. The molecule has 3 aromatic heterocycles. The number of hydrogen-bond donors (Lipinski definition) is 3. The Morgan fingerprint density at radius 1 is 0.950 bits per heavy atom. The van der Waals surface area contributed by atoms with Gasteiger partial charge in [-0.25, -0.2) is 9.97 Å². The first kappa shape index (κ1) is 25.5. The van der Waals surface area contributed by atoms with Gasteiger partial charge in [0, 0.05) is 23.3 Å². The fourth-order valence-corrected chi connectivity index (χ4v) is 5.47. The van der Waals surface area contributed by atoms with E-state index < -0.39 is 6.04 Å². The lowest BCUT2D eigenvalue weighted by Gasteiger charge is -2.24. The van der Waals surface area contributed by atoms with E-state index in [1.165, 1.54) is 18.6 Å². The predicted molar refractivity (Wildman–Crippen MR) is 158 cm³/mol. The molecule has 0 spiro atoms.